The highest BCUT2D eigenvalue weighted by molar-refractivity contribution is 8.30. The van der Waals surface area contributed by atoms with Gasteiger partial charge in [0.05, 0.1) is 0 Å². The van der Waals surface area contributed by atoms with Gasteiger partial charge in [-0.2, -0.15) is 10.9 Å². The van der Waals surface area contributed by atoms with Gasteiger partial charge in [-0.3, -0.25) is 4.79 Å². The second-order valence-electron chi connectivity index (χ2n) is 3.72. The standard InChI is InChI=1S/C12H16OS/c13-12(11-7-3-1-4-8-11)14-9-5-2-6-10-14/h1,3-4,7-8,14H,2,5-6,9-10H2. The molecule has 1 aromatic rings. The van der Waals surface area contributed by atoms with Crippen molar-refractivity contribution in [2.75, 3.05) is 11.5 Å². The van der Waals surface area contributed by atoms with Gasteiger partial charge in [-0.1, -0.05) is 36.8 Å². The van der Waals surface area contributed by atoms with Crippen molar-refractivity contribution in [2.24, 2.45) is 0 Å². The smallest absolute Gasteiger partial charge is 0.199 e. The van der Waals surface area contributed by atoms with E-state index < -0.39 is 0 Å². The van der Waals surface area contributed by atoms with Crippen LogP contribution in [0.1, 0.15) is 29.6 Å². The number of thiol groups is 1. The minimum Gasteiger partial charge on any atom is -0.283 e. The molecule has 1 aliphatic rings. The summed E-state index contributed by atoms with van der Waals surface area (Å²) in [6.45, 7) is 0. The summed E-state index contributed by atoms with van der Waals surface area (Å²) < 4.78 is 0. The van der Waals surface area contributed by atoms with Crippen LogP contribution in [0.3, 0.4) is 0 Å². The van der Waals surface area contributed by atoms with Crippen LogP contribution in [0.5, 0.6) is 0 Å². The number of carbonyl (C=O) groups excluding carboxylic acids is 1. The van der Waals surface area contributed by atoms with E-state index in [2.05, 4.69) is 0 Å². The molecule has 0 unspecified atom stereocenters. The Morgan fingerprint density at radius 2 is 1.64 bits per heavy atom. The Labute approximate surface area is 87.9 Å². The Morgan fingerprint density at radius 3 is 2.29 bits per heavy atom. The number of carbonyl (C=O) groups is 1. The van der Waals surface area contributed by atoms with Gasteiger partial charge < -0.3 is 0 Å². The minimum atomic E-state index is -0.348. The van der Waals surface area contributed by atoms with Gasteiger partial charge in [-0.05, 0) is 24.3 Å². The van der Waals surface area contributed by atoms with Crippen molar-refractivity contribution < 1.29 is 4.79 Å². The van der Waals surface area contributed by atoms with Crippen molar-refractivity contribution in [2.45, 2.75) is 19.3 Å². The third kappa shape index (κ3) is 2.18. The van der Waals surface area contributed by atoms with Crippen LogP contribution < -0.4 is 0 Å². The maximum absolute atomic E-state index is 12.0. The molecule has 0 aliphatic carbocycles. The second kappa shape index (κ2) is 4.65. The van der Waals surface area contributed by atoms with Gasteiger partial charge in [0.25, 0.3) is 0 Å². The van der Waals surface area contributed by atoms with E-state index in [9.17, 15) is 4.79 Å². The topological polar surface area (TPSA) is 17.1 Å². The molecule has 0 aromatic heterocycles. The van der Waals surface area contributed by atoms with Crippen LogP contribution in [0.4, 0.5) is 0 Å². The predicted octanol–water partition coefficient (Wildman–Crippen LogP) is 3.01. The fraction of sp³-hybridized carbons (Fsp3) is 0.417. The molecular weight excluding hydrogens is 192 g/mol. The number of hydrogen-bond acceptors (Lipinski definition) is 1. The highest BCUT2D eigenvalue weighted by Crippen LogP contribution is 2.36. The monoisotopic (exact) mass is 208 g/mol. The lowest BCUT2D eigenvalue weighted by Gasteiger charge is -2.24. The van der Waals surface area contributed by atoms with Crippen molar-refractivity contribution >= 4 is 16.0 Å². The lowest BCUT2D eigenvalue weighted by atomic mass is 10.2. The molecule has 1 aliphatic heterocycles. The first-order valence-electron chi connectivity index (χ1n) is 5.22. The van der Waals surface area contributed by atoms with Crippen LogP contribution >= 0.6 is 10.9 Å². The summed E-state index contributed by atoms with van der Waals surface area (Å²) in [5.41, 5.74) is 0.917. The quantitative estimate of drug-likeness (QED) is 0.702. The van der Waals surface area contributed by atoms with Crippen molar-refractivity contribution in [3.05, 3.63) is 35.9 Å². The molecule has 76 valence electrons. The van der Waals surface area contributed by atoms with E-state index in [-0.39, 0.29) is 10.9 Å². The van der Waals surface area contributed by atoms with E-state index in [1.54, 1.807) is 0 Å². The van der Waals surface area contributed by atoms with Gasteiger partial charge in [-0.25, -0.2) is 0 Å². The molecular formula is C12H16OS. The molecule has 0 spiro atoms. The molecule has 0 N–H and O–H groups in total. The summed E-state index contributed by atoms with van der Waals surface area (Å²) >= 11 is 0. The molecule has 2 heteroatoms. The number of rotatable bonds is 1. The Morgan fingerprint density at radius 1 is 1.00 bits per heavy atom. The summed E-state index contributed by atoms with van der Waals surface area (Å²) in [4.78, 5) is 12.0. The molecule has 1 aromatic carbocycles. The second-order valence-corrected chi connectivity index (χ2v) is 6.10. The van der Waals surface area contributed by atoms with Crippen molar-refractivity contribution in [3.63, 3.8) is 0 Å². The Kier molecular flexibility index (Phi) is 3.25. The first-order chi connectivity index (χ1) is 6.88. The van der Waals surface area contributed by atoms with Crippen LogP contribution in [-0.2, 0) is 0 Å². The van der Waals surface area contributed by atoms with E-state index in [1.807, 2.05) is 30.3 Å². The lowest BCUT2D eigenvalue weighted by molar-refractivity contribution is 0.108. The fourth-order valence-corrected chi connectivity index (χ4v) is 4.21. The van der Waals surface area contributed by atoms with E-state index in [0.29, 0.717) is 5.12 Å². The molecule has 1 fully saturated rings. The molecule has 14 heavy (non-hydrogen) atoms. The van der Waals surface area contributed by atoms with Gasteiger partial charge in [-0.15, -0.1) is 0 Å². The highest BCUT2D eigenvalue weighted by Gasteiger charge is 2.17. The maximum atomic E-state index is 12.0. The summed E-state index contributed by atoms with van der Waals surface area (Å²) in [5, 5.41) is 0.417. The van der Waals surface area contributed by atoms with Gasteiger partial charge in [0.1, 0.15) is 0 Å². The SMILES string of the molecule is O=C(c1ccccc1)[SH]1CCCCC1. The third-order valence-corrected chi connectivity index (χ3v) is 5.21. The Bertz CT molecular complexity index is 301. The van der Waals surface area contributed by atoms with E-state index in [1.165, 1.54) is 19.3 Å². The first kappa shape index (κ1) is 9.78. The average molecular weight is 208 g/mol. The molecule has 0 atom stereocenters. The normalized spacial score (nSPS) is 19.3. The Hall–Kier alpha value is -0.760. The van der Waals surface area contributed by atoms with Crippen LogP contribution in [-0.4, -0.2) is 16.6 Å². The summed E-state index contributed by atoms with van der Waals surface area (Å²) in [7, 11) is -0.348. The van der Waals surface area contributed by atoms with Gasteiger partial charge in [0, 0.05) is 5.56 Å². The van der Waals surface area contributed by atoms with E-state index in [4.69, 9.17) is 0 Å². The summed E-state index contributed by atoms with van der Waals surface area (Å²) in [6, 6.07) is 9.75. The third-order valence-electron chi connectivity index (χ3n) is 2.66. The van der Waals surface area contributed by atoms with Crippen LogP contribution in [0.25, 0.3) is 0 Å². The van der Waals surface area contributed by atoms with Gasteiger partial charge in [0.2, 0.25) is 0 Å². The van der Waals surface area contributed by atoms with Crippen LogP contribution in [0.2, 0.25) is 0 Å². The van der Waals surface area contributed by atoms with Crippen molar-refractivity contribution in [1.29, 1.82) is 0 Å². The predicted molar refractivity (Wildman–Crippen MR) is 63.3 cm³/mol. The molecule has 0 radical (unpaired) electrons. The largest absolute Gasteiger partial charge is 0.283 e. The molecule has 0 bridgehead atoms. The zero-order valence-corrected chi connectivity index (χ0v) is 9.17. The van der Waals surface area contributed by atoms with Gasteiger partial charge in [0.15, 0.2) is 5.12 Å². The first-order valence-corrected chi connectivity index (χ1v) is 6.93. The molecule has 2 rings (SSSR count). The maximum Gasteiger partial charge on any atom is 0.199 e. The number of hydrogen-bond donors (Lipinski definition) is 1. The average Bonchev–Trinajstić information content (AvgIpc) is 2.30. The van der Waals surface area contributed by atoms with Crippen LogP contribution in [0.15, 0.2) is 30.3 Å². The minimum absolute atomic E-state index is 0.348. The molecule has 0 saturated carbocycles. The Balaban J connectivity index is 2.07. The summed E-state index contributed by atoms with van der Waals surface area (Å²) in [6.07, 6.45) is 3.83. The number of benzene rings is 1. The van der Waals surface area contributed by atoms with E-state index >= 15 is 0 Å². The summed E-state index contributed by atoms with van der Waals surface area (Å²) in [5.74, 6) is 2.31. The molecule has 1 nitrogen and oxygen atoms in total. The van der Waals surface area contributed by atoms with E-state index in [0.717, 1.165) is 17.1 Å². The van der Waals surface area contributed by atoms with Crippen LogP contribution in [0, 0.1) is 0 Å². The molecule has 0 amide bonds. The molecule has 1 saturated heterocycles. The van der Waals surface area contributed by atoms with Crippen molar-refractivity contribution in [1.82, 2.24) is 0 Å². The van der Waals surface area contributed by atoms with Crippen molar-refractivity contribution in [3.8, 4) is 0 Å². The van der Waals surface area contributed by atoms with Gasteiger partial charge >= 0.3 is 0 Å². The highest BCUT2D eigenvalue weighted by atomic mass is 32.2. The zero-order chi connectivity index (χ0) is 9.80. The zero-order valence-electron chi connectivity index (χ0n) is 8.28. The fourth-order valence-electron chi connectivity index (χ4n) is 1.86. The lowest BCUT2D eigenvalue weighted by Crippen LogP contribution is -2.11. The molecule has 1 heterocycles.